The summed E-state index contributed by atoms with van der Waals surface area (Å²) < 4.78 is 0. The summed E-state index contributed by atoms with van der Waals surface area (Å²) in [7, 11) is 0. The maximum Gasteiger partial charge on any atom is 0.0672 e. The Morgan fingerprint density at radius 3 is 3.00 bits per heavy atom. The molecule has 3 heteroatoms. The number of hydrogen-bond acceptors (Lipinski definition) is 3. The maximum absolute atomic E-state index is 8.71. The molecule has 1 aliphatic carbocycles. The van der Waals surface area contributed by atoms with Crippen LogP contribution in [0.1, 0.15) is 19.3 Å². The highest BCUT2D eigenvalue weighted by molar-refractivity contribution is 4.96. The van der Waals surface area contributed by atoms with Crippen LogP contribution < -0.4 is 11.1 Å². The van der Waals surface area contributed by atoms with Gasteiger partial charge in [0.2, 0.25) is 0 Å². The molecule has 1 fully saturated rings. The Hall–Kier alpha value is -0.590. The molecule has 0 aromatic carbocycles. The first kappa shape index (κ1) is 8.51. The number of rotatable bonds is 3. The van der Waals surface area contributed by atoms with Crippen molar-refractivity contribution in [2.24, 2.45) is 11.7 Å². The van der Waals surface area contributed by atoms with Gasteiger partial charge in [-0.25, -0.2) is 0 Å². The lowest BCUT2D eigenvalue weighted by Crippen LogP contribution is -2.35. The second kappa shape index (κ2) is 4.32. The quantitative estimate of drug-likeness (QED) is 0.610. The van der Waals surface area contributed by atoms with Gasteiger partial charge in [0.05, 0.1) is 12.0 Å². The summed E-state index contributed by atoms with van der Waals surface area (Å²) >= 11 is 0. The van der Waals surface area contributed by atoms with Crippen LogP contribution in [0.5, 0.6) is 0 Å². The average Bonchev–Trinajstić information content (AvgIpc) is 2.47. The van der Waals surface area contributed by atoms with Gasteiger partial charge in [-0.05, 0) is 12.8 Å². The molecule has 0 saturated heterocycles. The predicted molar refractivity (Wildman–Crippen MR) is 43.8 cm³/mol. The normalized spacial score (nSPS) is 30.2. The topological polar surface area (TPSA) is 61.8 Å². The summed E-state index contributed by atoms with van der Waals surface area (Å²) in [5.41, 5.74) is 5.35. The molecule has 2 atom stereocenters. The van der Waals surface area contributed by atoms with E-state index in [-0.39, 0.29) is 5.92 Å². The maximum atomic E-state index is 8.71. The van der Waals surface area contributed by atoms with E-state index in [0.29, 0.717) is 12.6 Å². The van der Waals surface area contributed by atoms with E-state index in [1.165, 1.54) is 6.42 Å². The van der Waals surface area contributed by atoms with Gasteiger partial charge in [-0.1, -0.05) is 6.42 Å². The first-order valence-corrected chi connectivity index (χ1v) is 4.21. The van der Waals surface area contributed by atoms with Crippen molar-refractivity contribution < 1.29 is 0 Å². The van der Waals surface area contributed by atoms with E-state index in [1.807, 2.05) is 0 Å². The molecule has 0 bridgehead atoms. The monoisotopic (exact) mass is 153 g/mol. The van der Waals surface area contributed by atoms with Crippen molar-refractivity contribution in [3.8, 4) is 6.07 Å². The Morgan fingerprint density at radius 2 is 2.36 bits per heavy atom. The van der Waals surface area contributed by atoms with Crippen LogP contribution in [0.2, 0.25) is 0 Å². The van der Waals surface area contributed by atoms with Crippen molar-refractivity contribution in [2.75, 3.05) is 13.1 Å². The first-order valence-electron chi connectivity index (χ1n) is 4.21. The van der Waals surface area contributed by atoms with Crippen LogP contribution in [0.3, 0.4) is 0 Å². The predicted octanol–water partition coefficient (Wildman–Crippen LogP) is 0.227. The standard InChI is InChI=1S/C8H15N3/c9-4-5-11-8-3-1-2-7(8)6-10/h7-8,11H,1-5,9H2. The highest BCUT2D eigenvalue weighted by Gasteiger charge is 2.25. The van der Waals surface area contributed by atoms with Crippen LogP contribution in [-0.4, -0.2) is 19.1 Å². The molecule has 3 N–H and O–H groups in total. The van der Waals surface area contributed by atoms with Crippen molar-refractivity contribution in [1.29, 1.82) is 5.26 Å². The largest absolute Gasteiger partial charge is 0.329 e. The fraction of sp³-hybridized carbons (Fsp3) is 0.875. The van der Waals surface area contributed by atoms with E-state index < -0.39 is 0 Å². The molecule has 0 aromatic rings. The van der Waals surface area contributed by atoms with Gasteiger partial charge in [0.25, 0.3) is 0 Å². The summed E-state index contributed by atoms with van der Waals surface area (Å²) in [6, 6.07) is 2.73. The molecule has 62 valence electrons. The van der Waals surface area contributed by atoms with Gasteiger partial charge < -0.3 is 11.1 Å². The molecule has 3 nitrogen and oxygen atoms in total. The second-order valence-corrected chi connectivity index (χ2v) is 3.02. The lowest BCUT2D eigenvalue weighted by atomic mass is 10.1. The van der Waals surface area contributed by atoms with Gasteiger partial charge in [-0.2, -0.15) is 5.26 Å². The van der Waals surface area contributed by atoms with Crippen LogP contribution in [0.4, 0.5) is 0 Å². The molecule has 11 heavy (non-hydrogen) atoms. The van der Waals surface area contributed by atoms with E-state index >= 15 is 0 Å². The highest BCUT2D eigenvalue weighted by Crippen LogP contribution is 2.24. The van der Waals surface area contributed by atoms with Crippen molar-refractivity contribution in [1.82, 2.24) is 5.32 Å². The molecule has 0 aromatic heterocycles. The minimum Gasteiger partial charge on any atom is -0.329 e. The van der Waals surface area contributed by atoms with Crippen LogP contribution in [0.25, 0.3) is 0 Å². The smallest absolute Gasteiger partial charge is 0.0672 e. The van der Waals surface area contributed by atoms with Gasteiger partial charge in [-0.15, -0.1) is 0 Å². The molecule has 0 aliphatic heterocycles. The van der Waals surface area contributed by atoms with Gasteiger partial charge in [-0.3, -0.25) is 0 Å². The van der Waals surface area contributed by atoms with Crippen molar-refractivity contribution >= 4 is 0 Å². The Bertz CT molecular complexity index is 150. The lowest BCUT2D eigenvalue weighted by Gasteiger charge is -2.13. The minimum atomic E-state index is 0.224. The zero-order chi connectivity index (χ0) is 8.10. The molecule has 0 radical (unpaired) electrons. The molecule has 1 aliphatic rings. The van der Waals surface area contributed by atoms with Crippen molar-refractivity contribution in [3.63, 3.8) is 0 Å². The third-order valence-corrected chi connectivity index (χ3v) is 2.23. The lowest BCUT2D eigenvalue weighted by molar-refractivity contribution is 0.471. The summed E-state index contributed by atoms with van der Waals surface area (Å²) in [6.07, 6.45) is 3.37. The molecule has 0 heterocycles. The molecule has 0 spiro atoms. The Labute approximate surface area is 67.6 Å². The third-order valence-electron chi connectivity index (χ3n) is 2.23. The molecule has 1 saturated carbocycles. The SMILES string of the molecule is N#CC1CCCC1NCCN. The number of nitrogens with two attached hydrogens (primary N) is 1. The number of nitrogens with one attached hydrogen (secondary N) is 1. The minimum absolute atomic E-state index is 0.224. The van der Waals surface area contributed by atoms with E-state index in [0.717, 1.165) is 19.4 Å². The fourth-order valence-corrected chi connectivity index (χ4v) is 1.63. The van der Waals surface area contributed by atoms with Crippen molar-refractivity contribution in [3.05, 3.63) is 0 Å². The second-order valence-electron chi connectivity index (χ2n) is 3.02. The zero-order valence-electron chi connectivity index (χ0n) is 6.71. The summed E-state index contributed by atoms with van der Waals surface area (Å²) in [5.74, 6) is 0.224. The molecule has 1 rings (SSSR count). The Kier molecular flexibility index (Phi) is 3.34. The third kappa shape index (κ3) is 2.18. The van der Waals surface area contributed by atoms with E-state index in [9.17, 15) is 0 Å². The van der Waals surface area contributed by atoms with Gasteiger partial charge in [0.15, 0.2) is 0 Å². The molecule has 2 unspecified atom stereocenters. The summed E-state index contributed by atoms with van der Waals surface area (Å²) in [4.78, 5) is 0. The Morgan fingerprint density at radius 1 is 1.55 bits per heavy atom. The Balaban J connectivity index is 2.27. The highest BCUT2D eigenvalue weighted by atomic mass is 14.9. The van der Waals surface area contributed by atoms with E-state index in [4.69, 9.17) is 11.0 Å². The fourth-order valence-electron chi connectivity index (χ4n) is 1.63. The van der Waals surface area contributed by atoms with Crippen molar-refractivity contribution in [2.45, 2.75) is 25.3 Å². The van der Waals surface area contributed by atoms with Crippen LogP contribution in [0, 0.1) is 17.2 Å². The number of nitrogens with zero attached hydrogens (tertiary/aromatic N) is 1. The first-order chi connectivity index (χ1) is 5.38. The van der Waals surface area contributed by atoms with Crippen LogP contribution in [-0.2, 0) is 0 Å². The summed E-state index contributed by atoms with van der Waals surface area (Å²) in [5, 5.41) is 12.0. The average molecular weight is 153 g/mol. The van der Waals surface area contributed by atoms with Gasteiger partial charge >= 0.3 is 0 Å². The van der Waals surface area contributed by atoms with Crippen LogP contribution in [0.15, 0.2) is 0 Å². The number of hydrogen-bond donors (Lipinski definition) is 2. The van der Waals surface area contributed by atoms with Crippen LogP contribution >= 0.6 is 0 Å². The zero-order valence-corrected chi connectivity index (χ0v) is 6.71. The van der Waals surface area contributed by atoms with Gasteiger partial charge in [0, 0.05) is 19.1 Å². The molecular weight excluding hydrogens is 138 g/mol. The summed E-state index contributed by atoms with van der Waals surface area (Å²) in [6.45, 7) is 1.50. The van der Waals surface area contributed by atoms with E-state index in [2.05, 4.69) is 11.4 Å². The number of nitriles is 1. The molecule has 0 amide bonds. The van der Waals surface area contributed by atoms with E-state index in [1.54, 1.807) is 0 Å². The molecular formula is C8H15N3. The van der Waals surface area contributed by atoms with Gasteiger partial charge in [0.1, 0.15) is 0 Å².